The van der Waals surface area contributed by atoms with Gasteiger partial charge in [-0.2, -0.15) is 0 Å². The van der Waals surface area contributed by atoms with Crippen molar-refractivity contribution in [2.24, 2.45) is 0 Å². The molecule has 1 unspecified atom stereocenters. The van der Waals surface area contributed by atoms with Gasteiger partial charge >= 0.3 is 0 Å². The first kappa shape index (κ1) is 23.0. The summed E-state index contributed by atoms with van der Waals surface area (Å²) < 4.78 is 10.6. The molecular formula is C23H31ClN2O3. The number of hydrogen-bond donors (Lipinski definition) is 1. The maximum Gasteiger partial charge on any atom is 0.223 e. The SMILES string of the molecule is CCc1ccc(C2CNCCN2C(=O)CCc2ccc(OC)c(OC)c2)cc1.Cl. The van der Waals surface area contributed by atoms with Crippen LogP contribution in [0.15, 0.2) is 42.5 Å². The summed E-state index contributed by atoms with van der Waals surface area (Å²) >= 11 is 0. The first-order valence-electron chi connectivity index (χ1n) is 9.96. The lowest BCUT2D eigenvalue weighted by molar-refractivity contribution is -0.134. The molecule has 0 bridgehead atoms. The van der Waals surface area contributed by atoms with Crippen LogP contribution in [0.5, 0.6) is 11.5 Å². The smallest absolute Gasteiger partial charge is 0.223 e. The molecule has 158 valence electrons. The third-order valence-electron chi connectivity index (χ3n) is 5.41. The lowest BCUT2D eigenvalue weighted by Crippen LogP contribution is -2.48. The van der Waals surface area contributed by atoms with Crippen LogP contribution in [0.3, 0.4) is 0 Å². The second-order valence-corrected chi connectivity index (χ2v) is 7.09. The van der Waals surface area contributed by atoms with Gasteiger partial charge in [0.25, 0.3) is 0 Å². The molecule has 3 rings (SSSR count). The molecule has 0 saturated carbocycles. The summed E-state index contributed by atoms with van der Waals surface area (Å²) in [5.74, 6) is 1.60. The van der Waals surface area contributed by atoms with Crippen molar-refractivity contribution in [3.8, 4) is 11.5 Å². The molecular weight excluding hydrogens is 388 g/mol. The molecule has 5 nitrogen and oxygen atoms in total. The quantitative estimate of drug-likeness (QED) is 0.743. The molecule has 1 aliphatic heterocycles. The standard InChI is InChI=1S/C23H30N2O3.ClH/c1-4-17-5-9-19(10-6-17)20-16-24-13-14-25(20)23(26)12-8-18-7-11-21(27-2)22(15-18)28-3;/h5-7,9-11,15,20,24H,4,8,12-14,16H2,1-3H3;1H. The van der Waals surface area contributed by atoms with Crippen molar-refractivity contribution < 1.29 is 14.3 Å². The zero-order chi connectivity index (χ0) is 19.9. The molecule has 0 aromatic heterocycles. The molecule has 0 spiro atoms. The Bertz CT molecular complexity index is 795. The molecule has 0 radical (unpaired) electrons. The van der Waals surface area contributed by atoms with Crippen molar-refractivity contribution in [2.45, 2.75) is 32.2 Å². The summed E-state index contributed by atoms with van der Waals surface area (Å²) in [4.78, 5) is 15.0. The molecule has 6 heteroatoms. The minimum absolute atomic E-state index is 0. The van der Waals surface area contributed by atoms with Crippen molar-refractivity contribution in [1.82, 2.24) is 10.2 Å². The molecule has 1 N–H and O–H groups in total. The number of rotatable bonds is 7. The van der Waals surface area contributed by atoms with E-state index in [1.54, 1.807) is 14.2 Å². The average molecular weight is 419 g/mol. The number of aryl methyl sites for hydroxylation is 2. The molecule has 1 aliphatic rings. The lowest BCUT2D eigenvalue weighted by Gasteiger charge is -2.37. The summed E-state index contributed by atoms with van der Waals surface area (Å²) in [6.07, 6.45) is 2.20. The normalized spacial score (nSPS) is 16.1. The van der Waals surface area contributed by atoms with Crippen molar-refractivity contribution >= 4 is 18.3 Å². The van der Waals surface area contributed by atoms with Gasteiger partial charge in [0.15, 0.2) is 11.5 Å². The van der Waals surface area contributed by atoms with E-state index in [9.17, 15) is 4.79 Å². The van der Waals surface area contributed by atoms with Crippen molar-refractivity contribution in [2.75, 3.05) is 33.9 Å². The van der Waals surface area contributed by atoms with E-state index in [-0.39, 0.29) is 24.4 Å². The number of amides is 1. The molecule has 1 heterocycles. The Kier molecular flexibility index (Phi) is 8.80. The van der Waals surface area contributed by atoms with Gasteiger partial charge in [0, 0.05) is 26.1 Å². The number of nitrogens with one attached hydrogen (secondary N) is 1. The Morgan fingerprint density at radius 3 is 2.41 bits per heavy atom. The molecule has 2 aromatic carbocycles. The Morgan fingerprint density at radius 2 is 1.76 bits per heavy atom. The van der Waals surface area contributed by atoms with E-state index >= 15 is 0 Å². The van der Waals surface area contributed by atoms with Crippen LogP contribution in [0.25, 0.3) is 0 Å². The topological polar surface area (TPSA) is 50.8 Å². The first-order valence-corrected chi connectivity index (χ1v) is 9.96. The maximum atomic E-state index is 13.0. The highest BCUT2D eigenvalue weighted by molar-refractivity contribution is 5.85. The highest BCUT2D eigenvalue weighted by atomic mass is 35.5. The van der Waals surface area contributed by atoms with Crippen LogP contribution in [0.2, 0.25) is 0 Å². The monoisotopic (exact) mass is 418 g/mol. The molecule has 1 saturated heterocycles. The van der Waals surface area contributed by atoms with Gasteiger partial charge in [0.05, 0.1) is 20.3 Å². The summed E-state index contributed by atoms with van der Waals surface area (Å²) in [5, 5.41) is 3.42. The highest BCUT2D eigenvalue weighted by Gasteiger charge is 2.27. The fourth-order valence-electron chi connectivity index (χ4n) is 3.71. The van der Waals surface area contributed by atoms with Crippen LogP contribution in [0.4, 0.5) is 0 Å². The van der Waals surface area contributed by atoms with Gasteiger partial charge in [-0.3, -0.25) is 4.79 Å². The fourth-order valence-corrected chi connectivity index (χ4v) is 3.71. The number of methoxy groups -OCH3 is 2. The predicted molar refractivity (Wildman–Crippen MR) is 118 cm³/mol. The average Bonchev–Trinajstić information content (AvgIpc) is 2.77. The van der Waals surface area contributed by atoms with E-state index in [0.29, 0.717) is 24.3 Å². The van der Waals surface area contributed by atoms with Crippen LogP contribution >= 0.6 is 12.4 Å². The predicted octanol–water partition coefficient (Wildman–Crippen LogP) is 3.79. The number of nitrogens with zero attached hydrogens (tertiary/aromatic N) is 1. The summed E-state index contributed by atoms with van der Waals surface area (Å²) in [5.41, 5.74) is 3.59. The van der Waals surface area contributed by atoms with Gasteiger partial charge < -0.3 is 19.7 Å². The van der Waals surface area contributed by atoms with Crippen LogP contribution in [0, 0.1) is 0 Å². The van der Waals surface area contributed by atoms with Gasteiger partial charge in [0.1, 0.15) is 0 Å². The second-order valence-electron chi connectivity index (χ2n) is 7.09. The Morgan fingerprint density at radius 1 is 1.07 bits per heavy atom. The molecule has 1 fully saturated rings. The number of ether oxygens (including phenoxy) is 2. The van der Waals surface area contributed by atoms with Crippen LogP contribution in [0.1, 0.15) is 36.1 Å². The van der Waals surface area contributed by atoms with Crippen LogP contribution in [-0.4, -0.2) is 44.7 Å². The van der Waals surface area contributed by atoms with Gasteiger partial charge in [0.2, 0.25) is 5.91 Å². The van der Waals surface area contributed by atoms with E-state index in [1.165, 1.54) is 11.1 Å². The Labute approximate surface area is 179 Å². The number of carbonyl (C=O) groups is 1. The van der Waals surface area contributed by atoms with Crippen molar-refractivity contribution in [3.63, 3.8) is 0 Å². The summed E-state index contributed by atoms with van der Waals surface area (Å²) in [6.45, 7) is 4.53. The van der Waals surface area contributed by atoms with Crippen molar-refractivity contribution in [1.29, 1.82) is 0 Å². The van der Waals surface area contributed by atoms with Gasteiger partial charge in [-0.1, -0.05) is 37.3 Å². The second kappa shape index (κ2) is 11.1. The van der Waals surface area contributed by atoms with Gasteiger partial charge in [-0.25, -0.2) is 0 Å². The number of benzene rings is 2. The zero-order valence-electron chi connectivity index (χ0n) is 17.4. The minimum Gasteiger partial charge on any atom is -0.493 e. The first-order chi connectivity index (χ1) is 13.7. The van der Waals surface area contributed by atoms with E-state index in [1.807, 2.05) is 23.1 Å². The minimum atomic E-state index is 0. The molecule has 29 heavy (non-hydrogen) atoms. The zero-order valence-corrected chi connectivity index (χ0v) is 18.3. The maximum absolute atomic E-state index is 13.0. The summed E-state index contributed by atoms with van der Waals surface area (Å²) in [7, 11) is 3.25. The van der Waals surface area contributed by atoms with E-state index in [2.05, 4.69) is 36.5 Å². The molecule has 0 aliphatic carbocycles. The third kappa shape index (κ3) is 5.64. The molecule has 2 aromatic rings. The van der Waals surface area contributed by atoms with Crippen LogP contribution < -0.4 is 14.8 Å². The van der Waals surface area contributed by atoms with Gasteiger partial charge in [-0.15, -0.1) is 12.4 Å². The van der Waals surface area contributed by atoms with E-state index in [4.69, 9.17) is 9.47 Å². The van der Waals surface area contributed by atoms with Crippen molar-refractivity contribution in [3.05, 3.63) is 59.2 Å². The number of carbonyl (C=O) groups excluding carboxylic acids is 1. The van der Waals surface area contributed by atoms with Gasteiger partial charge in [-0.05, 0) is 41.7 Å². The Hall–Kier alpha value is -2.24. The van der Waals surface area contributed by atoms with E-state index in [0.717, 1.165) is 31.6 Å². The highest BCUT2D eigenvalue weighted by Crippen LogP contribution is 2.29. The number of piperazine rings is 1. The number of halogens is 1. The summed E-state index contributed by atoms with van der Waals surface area (Å²) in [6, 6.07) is 14.6. The third-order valence-corrected chi connectivity index (χ3v) is 5.41. The van der Waals surface area contributed by atoms with Crippen LogP contribution in [-0.2, 0) is 17.6 Å². The fraction of sp³-hybridized carbons (Fsp3) is 0.435. The molecule has 1 atom stereocenters. The lowest BCUT2D eigenvalue weighted by atomic mass is 10.00. The number of hydrogen-bond acceptors (Lipinski definition) is 4. The Balaban J connectivity index is 0.00000300. The molecule has 1 amide bonds. The van der Waals surface area contributed by atoms with E-state index < -0.39 is 0 Å². The largest absolute Gasteiger partial charge is 0.493 e.